The van der Waals surface area contributed by atoms with Gasteiger partial charge in [-0.3, -0.25) is 19.4 Å². The molecule has 1 unspecified atom stereocenters. The van der Waals surface area contributed by atoms with Gasteiger partial charge in [0.15, 0.2) is 0 Å². The van der Waals surface area contributed by atoms with Crippen molar-refractivity contribution in [2.75, 3.05) is 12.3 Å². The standard InChI is InChI=1S/C32H37IN6O6/c33-23-12-6-20(7-13-23)8-14-24(34)2-1-17-45-26(40)16-15-25(31(43)44)37-29(41)21-9-3-19(4-10-21)5-11-22-18-36-28-27(22)30(42)39-32(35)38-28/h3-4,6-7,9-10,12-13,18,24-25H,1-2,5,8,11,14-17,34H2,(H,37,41)(H,43,44)(H4,35,36,38,39,42)/t24?,25-/m0/s1. The number of nitrogens with one attached hydrogen (secondary N) is 3. The third kappa shape index (κ3) is 10.1. The third-order valence-corrected chi connectivity index (χ3v) is 8.20. The van der Waals surface area contributed by atoms with E-state index < -0.39 is 23.9 Å². The number of nitrogens with zero attached hydrogens (tertiary/aromatic N) is 1. The maximum Gasteiger partial charge on any atom is 0.326 e. The number of aromatic amines is 2. The van der Waals surface area contributed by atoms with Gasteiger partial charge < -0.3 is 31.6 Å². The summed E-state index contributed by atoms with van der Waals surface area (Å²) >= 11 is 2.27. The van der Waals surface area contributed by atoms with Crippen LogP contribution in [0.25, 0.3) is 11.0 Å². The van der Waals surface area contributed by atoms with Gasteiger partial charge in [0.2, 0.25) is 5.95 Å². The lowest BCUT2D eigenvalue weighted by atomic mass is 10.0. The van der Waals surface area contributed by atoms with E-state index in [0.717, 1.165) is 24.0 Å². The molecule has 238 valence electrons. The van der Waals surface area contributed by atoms with E-state index in [4.69, 9.17) is 16.2 Å². The van der Waals surface area contributed by atoms with Crippen LogP contribution in [0.3, 0.4) is 0 Å². The summed E-state index contributed by atoms with van der Waals surface area (Å²) in [5.74, 6) is -2.29. The molecule has 0 aliphatic rings. The Morgan fingerprint density at radius 3 is 2.38 bits per heavy atom. The Morgan fingerprint density at radius 1 is 0.978 bits per heavy atom. The number of carbonyl (C=O) groups excluding carboxylic acids is 2. The van der Waals surface area contributed by atoms with Crippen LogP contribution in [-0.4, -0.2) is 56.6 Å². The average molecular weight is 729 g/mol. The number of aliphatic carboxylic acids is 1. The van der Waals surface area contributed by atoms with Crippen molar-refractivity contribution in [3.05, 3.63) is 90.9 Å². The van der Waals surface area contributed by atoms with Gasteiger partial charge in [0, 0.05) is 27.8 Å². The lowest BCUT2D eigenvalue weighted by Gasteiger charge is -2.15. The highest BCUT2D eigenvalue weighted by Gasteiger charge is 2.22. The number of hydrogen-bond acceptors (Lipinski definition) is 8. The monoisotopic (exact) mass is 728 g/mol. The molecule has 8 N–H and O–H groups in total. The van der Waals surface area contributed by atoms with E-state index in [9.17, 15) is 24.3 Å². The lowest BCUT2D eigenvalue weighted by molar-refractivity contribution is -0.144. The lowest BCUT2D eigenvalue weighted by Crippen LogP contribution is -2.41. The molecule has 2 aromatic carbocycles. The van der Waals surface area contributed by atoms with Crippen LogP contribution in [0.5, 0.6) is 0 Å². The summed E-state index contributed by atoms with van der Waals surface area (Å²) < 4.78 is 6.44. The molecule has 0 fully saturated rings. The van der Waals surface area contributed by atoms with Crippen LogP contribution >= 0.6 is 22.6 Å². The zero-order chi connectivity index (χ0) is 32.3. The Kier molecular flexibility index (Phi) is 12.1. The van der Waals surface area contributed by atoms with Gasteiger partial charge in [-0.2, -0.15) is 4.98 Å². The molecule has 12 nitrogen and oxygen atoms in total. The molecule has 0 radical (unpaired) electrons. The maximum atomic E-state index is 12.7. The van der Waals surface area contributed by atoms with E-state index in [0.29, 0.717) is 36.7 Å². The highest BCUT2D eigenvalue weighted by molar-refractivity contribution is 14.1. The summed E-state index contributed by atoms with van der Waals surface area (Å²) in [4.78, 5) is 58.5. The van der Waals surface area contributed by atoms with Crippen LogP contribution in [-0.2, 0) is 33.6 Å². The average Bonchev–Trinajstić information content (AvgIpc) is 3.43. The second-order valence-corrected chi connectivity index (χ2v) is 12.1. The molecule has 2 aromatic heterocycles. The van der Waals surface area contributed by atoms with Crippen LogP contribution in [0.2, 0.25) is 0 Å². The topological polar surface area (TPSA) is 206 Å². The normalized spacial score (nSPS) is 12.5. The first-order valence-electron chi connectivity index (χ1n) is 14.7. The van der Waals surface area contributed by atoms with E-state index in [-0.39, 0.29) is 42.6 Å². The number of esters is 1. The highest BCUT2D eigenvalue weighted by Crippen LogP contribution is 2.16. The number of fused-ring (bicyclic) bond motifs is 1. The zero-order valence-corrected chi connectivity index (χ0v) is 26.8. The van der Waals surface area contributed by atoms with Crippen molar-refractivity contribution in [3.8, 4) is 0 Å². The molecule has 0 aliphatic carbocycles. The molecule has 0 saturated heterocycles. The number of benzene rings is 2. The van der Waals surface area contributed by atoms with Crippen molar-refractivity contribution in [2.24, 2.45) is 5.73 Å². The van der Waals surface area contributed by atoms with E-state index in [1.54, 1.807) is 30.5 Å². The Labute approximate surface area is 273 Å². The number of anilines is 1. The molecule has 2 heterocycles. The summed E-state index contributed by atoms with van der Waals surface area (Å²) in [6.07, 6.45) is 5.66. The molecule has 4 aromatic rings. The summed E-state index contributed by atoms with van der Waals surface area (Å²) in [6, 6.07) is 13.8. The quantitative estimate of drug-likeness (QED) is 0.0567. The Balaban J connectivity index is 1.16. The SMILES string of the molecule is Nc1nc2[nH]cc(CCc3ccc(C(=O)N[C@@H](CCC(=O)OCCCC(N)CCc4ccc(I)cc4)C(=O)O)cc3)c2c(=O)[nH]1. The second-order valence-electron chi connectivity index (χ2n) is 10.9. The van der Waals surface area contributed by atoms with E-state index in [2.05, 4.69) is 67.1 Å². The van der Waals surface area contributed by atoms with Crippen LogP contribution in [0.1, 0.15) is 59.2 Å². The minimum atomic E-state index is -1.25. The molecule has 0 saturated carbocycles. The van der Waals surface area contributed by atoms with Crippen molar-refractivity contribution in [2.45, 2.75) is 63.5 Å². The number of amides is 1. The predicted molar refractivity (Wildman–Crippen MR) is 179 cm³/mol. The Hall–Kier alpha value is -4.24. The minimum absolute atomic E-state index is 0.00760. The molecule has 45 heavy (non-hydrogen) atoms. The van der Waals surface area contributed by atoms with Gasteiger partial charge in [-0.05, 0) is 108 Å². The van der Waals surface area contributed by atoms with Crippen molar-refractivity contribution >= 4 is 57.4 Å². The number of hydrogen-bond donors (Lipinski definition) is 6. The number of aromatic nitrogens is 3. The van der Waals surface area contributed by atoms with Crippen molar-refractivity contribution in [1.82, 2.24) is 20.3 Å². The first-order chi connectivity index (χ1) is 21.6. The van der Waals surface area contributed by atoms with Crippen molar-refractivity contribution in [3.63, 3.8) is 0 Å². The number of aryl methyl sites for hydroxylation is 3. The fourth-order valence-corrected chi connectivity index (χ4v) is 5.29. The predicted octanol–water partition coefficient (Wildman–Crippen LogP) is 3.47. The summed E-state index contributed by atoms with van der Waals surface area (Å²) in [5, 5.41) is 12.5. The number of nitrogens with two attached hydrogens (primary N) is 2. The summed E-state index contributed by atoms with van der Waals surface area (Å²) in [5.41, 5.74) is 15.1. The van der Waals surface area contributed by atoms with Gasteiger partial charge in [-0.1, -0.05) is 24.3 Å². The molecule has 13 heteroatoms. The number of ether oxygens (including phenoxy) is 1. The molecule has 0 aliphatic heterocycles. The first-order valence-corrected chi connectivity index (χ1v) is 15.8. The first kappa shape index (κ1) is 33.6. The van der Waals surface area contributed by atoms with E-state index in [1.165, 1.54) is 9.13 Å². The molecular weight excluding hydrogens is 691 g/mol. The van der Waals surface area contributed by atoms with Gasteiger partial charge in [0.1, 0.15) is 11.7 Å². The molecular formula is C32H37IN6O6. The summed E-state index contributed by atoms with van der Waals surface area (Å²) in [6.45, 7) is 0.203. The highest BCUT2D eigenvalue weighted by atomic mass is 127. The third-order valence-electron chi connectivity index (χ3n) is 7.48. The number of H-pyrrole nitrogens is 2. The minimum Gasteiger partial charge on any atom is -0.480 e. The van der Waals surface area contributed by atoms with Gasteiger partial charge in [-0.25, -0.2) is 4.79 Å². The largest absolute Gasteiger partial charge is 0.480 e. The number of carboxylic acids is 1. The molecule has 2 atom stereocenters. The molecule has 4 rings (SSSR count). The fourth-order valence-electron chi connectivity index (χ4n) is 4.93. The van der Waals surface area contributed by atoms with Gasteiger partial charge >= 0.3 is 11.9 Å². The van der Waals surface area contributed by atoms with Crippen LogP contribution in [0.15, 0.2) is 59.5 Å². The van der Waals surface area contributed by atoms with Crippen LogP contribution < -0.4 is 22.3 Å². The molecule has 0 spiro atoms. The summed E-state index contributed by atoms with van der Waals surface area (Å²) in [7, 11) is 0. The fraction of sp³-hybridized carbons (Fsp3) is 0.344. The maximum absolute atomic E-state index is 12.7. The molecule has 1 amide bonds. The second kappa shape index (κ2) is 16.2. The van der Waals surface area contributed by atoms with Crippen LogP contribution in [0.4, 0.5) is 5.95 Å². The molecule has 0 bridgehead atoms. The van der Waals surface area contributed by atoms with Gasteiger partial charge in [-0.15, -0.1) is 0 Å². The van der Waals surface area contributed by atoms with Crippen molar-refractivity contribution in [1.29, 1.82) is 0 Å². The van der Waals surface area contributed by atoms with Gasteiger partial charge in [0.05, 0.1) is 12.0 Å². The zero-order valence-electron chi connectivity index (χ0n) is 24.7. The number of rotatable bonds is 16. The number of halogens is 1. The number of nitrogen functional groups attached to an aromatic ring is 1. The Bertz CT molecular complexity index is 1670. The smallest absolute Gasteiger partial charge is 0.326 e. The van der Waals surface area contributed by atoms with Crippen LogP contribution in [0, 0.1) is 3.57 Å². The number of carboxylic acid groups (broad SMARTS) is 1. The number of carbonyl (C=O) groups is 3. The Morgan fingerprint density at radius 2 is 1.67 bits per heavy atom. The van der Waals surface area contributed by atoms with E-state index in [1.807, 2.05) is 0 Å². The van der Waals surface area contributed by atoms with Crippen molar-refractivity contribution < 1.29 is 24.2 Å². The van der Waals surface area contributed by atoms with E-state index >= 15 is 0 Å². The van der Waals surface area contributed by atoms with Gasteiger partial charge in [0.25, 0.3) is 11.5 Å².